The molecule has 1 heterocycles. The summed E-state index contributed by atoms with van der Waals surface area (Å²) in [6.45, 7) is 2.12. The molecule has 0 spiro atoms. The number of hydrogen-bond acceptors (Lipinski definition) is 2. The van der Waals surface area contributed by atoms with Crippen LogP contribution in [0.25, 0.3) is 21.7 Å². The average Bonchev–Trinajstić information content (AvgIpc) is 2.55. The van der Waals surface area contributed by atoms with Crippen LogP contribution >= 0.6 is 0 Å². The summed E-state index contributed by atoms with van der Waals surface area (Å²) in [5, 5.41) is 7.10. The highest BCUT2D eigenvalue weighted by Crippen LogP contribution is 2.27. The van der Waals surface area contributed by atoms with Crippen molar-refractivity contribution in [2.75, 3.05) is 5.32 Å². The molecule has 1 aromatic heterocycles. The summed E-state index contributed by atoms with van der Waals surface area (Å²) in [6, 6.07) is 25.0. The third-order valence-corrected chi connectivity index (χ3v) is 3.98. The molecular weight excluding hydrogens is 268 g/mol. The molecule has 0 aliphatic carbocycles. The Morgan fingerprint density at radius 1 is 0.773 bits per heavy atom. The van der Waals surface area contributed by atoms with E-state index in [9.17, 15) is 0 Å². The zero-order valence-corrected chi connectivity index (χ0v) is 12.4. The summed E-state index contributed by atoms with van der Waals surface area (Å²) >= 11 is 0. The number of para-hydroxylation sites is 1. The molecule has 0 aliphatic rings. The molecule has 0 fully saturated rings. The molecule has 0 saturated heterocycles. The predicted molar refractivity (Wildman–Crippen MR) is 93.7 cm³/mol. The fraction of sp³-hybridized carbons (Fsp3) is 0.0500. The summed E-state index contributed by atoms with van der Waals surface area (Å²) in [7, 11) is 0. The van der Waals surface area contributed by atoms with Gasteiger partial charge in [0.05, 0.1) is 5.52 Å². The highest BCUT2D eigenvalue weighted by Gasteiger charge is 2.05. The first kappa shape index (κ1) is 12.8. The van der Waals surface area contributed by atoms with E-state index in [4.69, 9.17) is 4.98 Å². The van der Waals surface area contributed by atoms with Crippen LogP contribution in [0.1, 0.15) is 5.56 Å². The number of benzene rings is 3. The lowest BCUT2D eigenvalue weighted by molar-refractivity contribution is 1.35. The molecule has 0 atom stereocenters. The van der Waals surface area contributed by atoms with Crippen molar-refractivity contribution < 1.29 is 0 Å². The fourth-order valence-corrected chi connectivity index (χ4v) is 2.89. The molecule has 1 N–H and O–H groups in total. The van der Waals surface area contributed by atoms with Crippen molar-refractivity contribution in [2.45, 2.75) is 6.92 Å². The number of hydrogen-bond donors (Lipinski definition) is 1. The molecule has 0 unspecified atom stereocenters. The molecule has 2 heteroatoms. The SMILES string of the molecule is Cc1cc(Nc2cccc3ccccc23)nc2ccccc12. The number of rotatable bonds is 2. The van der Waals surface area contributed by atoms with Gasteiger partial charge in [-0.15, -0.1) is 0 Å². The molecule has 3 aromatic carbocycles. The van der Waals surface area contributed by atoms with Crippen molar-refractivity contribution in [1.82, 2.24) is 4.98 Å². The van der Waals surface area contributed by atoms with Gasteiger partial charge in [0.2, 0.25) is 0 Å². The second-order valence-corrected chi connectivity index (χ2v) is 5.49. The van der Waals surface area contributed by atoms with Crippen LogP contribution in [0.2, 0.25) is 0 Å². The van der Waals surface area contributed by atoms with Gasteiger partial charge in [0.25, 0.3) is 0 Å². The van der Waals surface area contributed by atoms with Gasteiger partial charge in [-0.05, 0) is 36.1 Å². The summed E-state index contributed by atoms with van der Waals surface area (Å²) in [5.74, 6) is 0.882. The molecule has 0 radical (unpaired) electrons. The van der Waals surface area contributed by atoms with Crippen LogP contribution in [0.5, 0.6) is 0 Å². The van der Waals surface area contributed by atoms with Crippen LogP contribution in [0.4, 0.5) is 11.5 Å². The molecule has 0 amide bonds. The molecule has 4 aromatic rings. The van der Waals surface area contributed by atoms with E-state index in [1.807, 2.05) is 6.07 Å². The molecule has 106 valence electrons. The minimum Gasteiger partial charge on any atom is -0.340 e. The van der Waals surface area contributed by atoms with Crippen LogP contribution < -0.4 is 5.32 Å². The third kappa shape index (κ3) is 2.19. The van der Waals surface area contributed by atoms with E-state index in [-0.39, 0.29) is 0 Å². The normalized spacial score (nSPS) is 11.0. The Hall–Kier alpha value is -2.87. The van der Waals surface area contributed by atoms with Crippen molar-refractivity contribution in [2.24, 2.45) is 0 Å². The van der Waals surface area contributed by atoms with Gasteiger partial charge in [-0.2, -0.15) is 0 Å². The van der Waals surface area contributed by atoms with Crippen molar-refractivity contribution in [3.05, 3.63) is 78.4 Å². The van der Waals surface area contributed by atoms with Gasteiger partial charge < -0.3 is 5.32 Å². The van der Waals surface area contributed by atoms with Crippen LogP contribution in [-0.2, 0) is 0 Å². The molecular formula is C20H16N2. The van der Waals surface area contributed by atoms with Crippen molar-refractivity contribution in [3.63, 3.8) is 0 Å². The van der Waals surface area contributed by atoms with Crippen molar-refractivity contribution in [1.29, 1.82) is 0 Å². The number of anilines is 2. The summed E-state index contributed by atoms with van der Waals surface area (Å²) in [6.07, 6.45) is 0. The van der Waals surface area contributed by atoms with Crippen molar-refractivity contribution >= 4 is 33.2 Å². The number of aromatic nitrogens is 1. The number of nitrogens with zero attached hydrogens (tertiary/aromatic N) is 1. The number of aryl methyl sites for hydroxylation is 1. The van der Waals surface area contributed by atoms with Crippen LogP contribution in [0.3, 0.4) is 0 Å². The smallest absolute Gasteiger partial charge is 0.131 e. The average molecular weight is 284 g/mol. The van der Waals surface area contributed by atoms with Crippen molar-refractivity contribution in [3.8, 4) is 0 Å². The van der Waals surface area contributed by atoms with Gasteiger partial charge >= 0.3 is 0 Å². The monoisotopic (exact) mass is 284 g/mol. The Bertz CT molecular complexity index is 968. The quantitative estimate of drug-likeness (QED) is 0.530. The summed E-state index contributed by atoms with van der Waals surface area (Å²) in [4.78, 5) is 4.73. The van der Waals surface area contributed by atoms with Gasteiger partial charge in [-0.25, -0.2) is 4.98 Å². The van der Waals surface area contributed by atoms with Gasteiger partial charge in [-0.1, -0.05) is 54.6 Å². The minimum absolute atomic E-state index is 0.882. The topological polar surface area (TPSA) is 24.9 Å². The van der Waals surface area contributed by atoms with E-state index in [1.165, 1.54) is 21.7 Å². The maximum absolute atomic E-state index is 4.73. The second-order valence-electron chi connectivity index (χ2n) is 5.49. The lowest BCUT2D eigenvalue weighted by Crippen LogP contribution is -1.96. The molecule has 22 heavy (non-hydrogen) atoms. The van der Waals surface area contributed by atoms with E-state index in [2.05, 4.69) is 79.0 Å². The Kier molecular flexibility index (Phi) is 3.01. The molecule has 0 aliphatic heterocycles. The molecule has 0 bridgehead atoms. The first-order valence-corrected chi connectivity index (χ1v) is 7.42. The fourth-order valence-electron chi connectivity index (χ4n) is 2.89. The lowest BCUT2D eigenvalue weighted by atomic mass is 10.1. The first-order chi connectivity index (χ1) is 10.8. The predicted octanol–water partition coefficient (Wildman–Crippen LogP) is 5.44. The maximum atomic E-state index is 4.73. The van der Waals surface area contributed by atoms with Gasteiger partial charge in [0, 0.05) is 16.5 Å². The zero-order chi connectivity index (χ0) is 14.9. The Morgan fingerprint density at radius 2 is 1.50 bits per heavy atom. The molecule has 2 nitrogen and oxygen atoms in total. The lowest BCUT2D eigenvalue weighted by Gasteiger charge is -2.11. The zero-order valence-electron chi connectivity index (χ0n) is 12.4. The maximum Gasteiger partial charge on any atom is 0.131 e. The Morgan fingerprint density at radius 3 is 2.41 bits per heavy atom. The van der Waals surface area contributed by atoms with Gasteiger partial charge in [-0.3, -0.25) is 0 Å². The highest BCUT2D eigenvalue weighted by atomic mass is 15.0. The van der Waals surface area contributed by atoms with E-state index in [0.717, 1.165) is 17.0 Å². The first-order valence-electron chi connectivity index (χ1n) is 7.42. The van der Waals surface area contributed by atoms with E-state index in [1.54, 1.807) is 0 Å². The van der Waals surface area contributed by atoms with Crippen LogP contribution in [0.15, 0.2) is 72.8 Å². The Balaban J connectivity index is 1.83. The molecule has 4 rings (SSSR count). The number of nitrogens with one attached hydrogen (secondary N) is 1. The summed E-state index contributed by atoms with van der Waals surface area (Å²) < 4.78 is 0. The second kappa shape index (κ2) is 5.15. The van der Waals surface area contributed by atoms with Crippen LogP contribution in [0, 0.1) is 6.92 Å². The van der Waals surface area contributed by atoms with E-state index < -0.39 is 0 Å². The number of pyridine rings is 1. The van der Waals surface area contributed by atoms with Gasteiger partial charge in [0.1, 0.15) is 5.82 Å². The van der Waals surface area contributed by atoms with Gasteiger partial charge in [0.15, 0.2) is 0 Å². The Labute approximate surface area is 129 Å². The minimum atomic E-state index is 0.882. The van der Waals surface area contributed by atoms with E-state index in [0.29, 0.717) is 0 Å². The number of fused-ring (bicyclic) bond motifs is 2. The van der Waals surface area contributed by atoms with E-state index >= 15 is 0 Å². The third-order valence-electron chi connectivity index (χ3n) is 3.98. The highest BCUT2D eigenvalue weighted by molar-refractivity contribution is 5.95. The standard InChI is InChI=1S/C20H16N2/c1-14-13-20(21-18-11-5-4-9-16(14)18)22-19-12-6-8-15-7-2-3-10-17(15)19/h2-13H,1H3,(H,21,22). The largest absolute Gasteiger partial charge is 0.340 e. The molecule has 0 saturated carbocycles. The summed E-state index contributed by atoms with van der Waals surface area (Å²) in [5.41, 5.74) is 3.33. The van der Waals surface area contributed by atoms with Crippen LogP contribution in [-0.4, -0.2) is 4.98 Å².